The number of nitrogens with one attached hydrogen (secondary N) is 1. The SMILES string of the molecule is [2H]C([2H])(O)[C@H]1O[C@@H](n2cnc3c(=S)nc(N)[nH]c32)C(N)(C#CCF)[C@H]1O. The Balaban J connectivity index is 2.20. The number of aliphatic hydroxyl groups is 2. The van der Waals surface area contributed by atoms with Gasteiger partial charge in [0, 0.05) is 0 Å². The average molecular weight is 356 g/mol. The van der Waals surface area contributed by atoms with Crippen LogP contribution in [0, 0.1) is 16.5 Å². The number of nitrogens with two attached hydrogens (primary N) is 2. The first kappa shape index (κ1) is 14.3. The lowest BCUT2D eigenvalue weighted by Crippen LogP contribution is -2.53. The van der Waals surface area contributed by atoms with Gasteiger partial charge < -0.3 is 31.4 Å². The third kappa shape index (κ3) is 2.45. The fraction of sp³-hybridized carbons (Fsp3) is 0.462. The van der Waals surface area contributed by atoms with E-state index in [1.807, 2.05) is 0 Å². The molecule has 0 bridgehead atoms. The van der Waals surface area contributed by atoms with Crippen molar-refractivity contribution in [2.45, 2.75) is 24.0 Å². The smallest absolute Gasteiger partial charge is 0.200 e. The number of aromatic nitrogens is 4. The summed E-state index contributed by atoms with van der Waals surface area (Å²) in [6.45, 7) is -3.97. The van der Waals surface area contributed by atoms with Crippen molar-refractivity contribution in [3.63, 3.8) is 0 Å². The van der Waals surface area contributed by atoms with E-state index in [9.17, 15) is 14.6 Å². The largest absolute Gasteiger partial charge is 0.394 e. The number of ether oxygens (including phenoxy) is 1. The van der Waals surface area contributed by atoms with Gasteiger partial charge in [0.25, 0.3) is 0 Å². The normalized spacial score (nSPS) is 31.4. The van der Waals surface area contributed by atoms with Crippen LogP contribution in [0.1, 0.15) is 8.97 Å². The first-order valence-electron chi connectivity index (χ1n) is 7.72. The van der Waals surface area contributed by atoms with Crippen LogP contribution < -0.4 is 11.5 Å². The monoisotopic (exact) mass is 356 g/mol. The molecule has 0 aliphatic carbocycles. The van der Waals surface area contributed by atoms with Gasteiger partial charge in [-0.2, -0.15) is 0 Å². The number of fused-ring (bicyclic) bond motifs is 1. The Hall–Kier alpha value is -2.10. The summed E-state index contributed by atoms with van der Waals surface area (Å²) in [5.74, 6) is 4.45. The molecular weight excluding hydrogens is 339 g/mol. The molecule has 0 aromatic carbocycles. The number of aliphatic hydroxyl groups excluding tert-OH is 1. The second kappa shape index (κ2) is 6.08. The van der Waals surface area contributed by atoms with Crippen molar-refractivity contribution in [3.05, 3.63) is 11.0 Å². The highest BCUT2D eigenvalue weighted by atomic mass is 32.1. The van der Waals surface area contributed by atoms with Gasteiger partial charge in [0.2, 0.25) is 0 Å². The molecule has 0 radical (unpaired) electrons. The first-order valence-corrected chi connectivity index (χ1v) is 7.13. The Morgan fingerprint density at radius 1 is 1.67 bits per heavy atom. The summed E-state index contributed by atoms with van der Waals surface area (Å²) in [6, 6.07) is 0. The van der Waals surface area contributed by atoms with Crippen LogP contribution in [0.15, 0.2) is 6.33 Å². The number of aromatic amines is 1. The predicted octanol–water partition coefficient (Wildman–Crippen LogP) is -1.01. The molecule has 1 fully saturated rings. The number of rotatable bonds is 2. The molecule has 0 saturated carbocycles. The van der Waals surface area contributed by atoms with Gasteiger partial charge in [-0.15, -0.1) is 0 Å². The number of nitrogen functional groups attached to an aromatic ring is 1. The molecule has 1 aliphatic heterocycles. The highest BCUT2D eigenvalue weighted by Crippen LogP contribution is 2.37. The molecule has 1 saturated heterocycles. The standard InChI is InChI=1S/C13H15FN6O3S/c14-3-1-2-13(16)8(22)6(4-21)23-11(13)20-5-17-7-9(20)18-12(15)19-10(7)24/h5-6,8,11,21-22H,3-4,16H2,(H3,15,18,19,24)/t6-,8+,11-,13?/m1/s1/i4D2. The number of imidazole rings is 1. The Labute approximate surface area is 143 Å². The van der Waals surface area contributed by atoms with Crippen molar-refractivity contribution in [2.75, 3.05) is 19.0 Å². The highest BCUT2D eigenvalue weighted by molar-refractivity contribution is 7.71. The molecule has 3 rings (SSSR count). The summed E-state index contributed by atoms with van der Waals surface area (Å²) in [6.07, 6.45) is -3.60. The van der Waals surface area contributed by atoms with Crippen LogP contribution in [0.2, 0.25) is 0 Å². The zero-order chi connectivity index (χ0) is 19.3. The van der Waals surface area contributed by atoms with Gasteiger partial charge in [-0.05, 0) is 0 Å². The van der Waals surface area contributed by atoms with Crippen molar-refractivity contribution >= 4 is 29.3 Å². The molecule has 128 valence electrons. The molecule has 0 amide bonds. The minimum absolute atomic E-state index is 0.0192. The number of hydrogen-bond acceptors (Lipinski definition) is 8. The Morgan fingerprint density at radius 2 is 2.42 bits per heavy atom. The molecule has 1 aliphatic rings. The maximum Gasteiger partial charge on any atom is 0.200 e. The molecule has 1 unspecified atom stereocenters. The molecule has 11 heteroatoms. The fourth-order valence-corrected chi connectivity index (χ4v) is 2.82. The lowest BCUT2D eigenvalue weighted by Gasteiger charge is -2.27. The van der Waals surface area contributed by atoms with E-state index in [0.717, 1.165) is 0 Å². The van der Waals surface area contributed by atoms with E-state index >= 15 is 0 Å². The van der Waals surface area contributed by atoms with E-state index in [-0.39, 0.29) is 21.8 Å². The van der Waals surface area contributed by atoms with Crippen LogP contribution in [0.4, 0.5) is 10.3 Å². The summed E-state index contributed by atoms with van der Waals surface area (Å²) in [5.41, 5.74) is 10.3. The van der Waals surface area contributed by atoms with Crippen molar-refractivity contribution in [1.29, 1.82) is 0 Å². The molecule has 2 aromatic rings. The lowest BCUT2D eigenvalue weighted by atomic mass is 9.91. The minimum Gasteiger partial charge on any atom is -0.394 e. The molecule has 4 atom stereocenters. The molecule has 3 heterocycles. The molecular formula is C13H15FN6O3S. The maximum atomic E-state index is 12.6. The van der Waals surface area contributed by atoms with Crippen LogP contribution in [0.3, 0.4) is 0 Å². The first-order chi connectivity index (χ1) is 12.1. The number of H-pyrrole nitrogens is 1. The summed E-state index contributed by atoms with van der Waals surface area (Å²) in [5, 5.41) is 20.1. The van der Waals surface area contributed by atoms with Gasteiger partial charge in [0.15, 0.2) is 22.4 Å². The van der Waals surface area contributed by atoms with Crippen molar-refractivity contribution in [3.8, 4) is 11.8 Å². The minimum atomic E-state index is -2.93. The number of anilines is 1. The van der Waals surface area contributed by atoms with Gasteiger partial charge in [-0.25, -0.2) is 14.4 Å². The lowest BCUT2D eigenvalue weighted by molar-refractivity contribution is -0.0447. The van der Waals surface area contributed by atoms with Gasteiger partial charge in [-0.1, -0.05) is 24.1 Å². The van der Waals surface area contributed by atoms with Gasteiger partial charge in [0.1, 0.15) is 30.0 Å². The number of nitrogens with zero attached hydrogens (tertiary/aromatic N) is 3. The third-order valence-corrected chi connectivity index (χ3v) is 3.96. The van der Waals surface area contributed by atoms with Gasteiger partial charge >= 0.3 is 0 Å². The summed E-state index contributed by atoms with van der Waals surface area (Å²) < 4.78 is 34.3. The summed E-state index contributed by atoms with van der Waals surface area (Å²) >= 11 is 5.08. The maximum absolute atomic E-state index is 12.6. The predicted molar refractivity (Wildman–Crippen MR) is 84.8 cm³/mol. The third-order valence-electron chi connectivity index (χ3n) is 3.68. The average Bonchev–Trinajstić information content (AvgIpc) is 3.05. The molecule has 0 spiro atoms. The van der Waals surface area contributed by atoms with E-state index in [0.29, 0.717) is 0 Å². The molecule has 2 aromatic heterocycles. The highest BCUT2D eigenvalue weighted by Gasteiger charge is 2.54. The van der Waals surface area contributed by atoms with Crippen molar-refractivity contribution in [2.24, 2.45) is 5.73 Å². The van der Waals surface area contributed by atoms with Gasteiger partial charge in [-0.3, -0.25) is 4.57 Å². The second-order valence-corrected chi connectivity index (χ2v) is 5.51. The summed E-state index contributed by atoms with van der Waals surface area (Å²) in [7, 11) is 0. The van der Waals surface area contributed by atoms with E-state index in [2.05, 4.69) is 26.8 Å². The van der Waals surface area contributed by atoms with Crippen LogP contribution in [-0.2, 0) is 4.74 Å². The van der Waals surface area contributed by atoms with E-state index in [1.165, 1.54) is 10.9 Å². The van der Waals surface area contributed by atoms with Crippen LogP contribution in [0.25, 0.3) is 11.2 Å². The van der Waals surface area contributed by atoms with Crippen molar-refractivity contribution < 1.29 is 22.1 Å². The van der Waals surface area contributed by atoms with Crippen molar-refractivity contribution in [1.82, 2.24) is 19.5 Å². The molecule has 24 heavy (non-hydrogen) atoms. The van der Waals surface area contributed by atoms with E-state index < -0.39 is 37.2 Å². The number of halogens is 1. The fourth-order valence-electron chi connectivity index (χ4n) is 2.57. The van der Waals surface area contributed by atoms with E-state index in [4.69, 9.17) is 31.2 Å². The van der Waals surface area contributed by atoms with Crippen LogP contribution >= 0.6 is 12.2 Å². The topological polar surface area (TPSA) is 148 Å². The number of alkyl halides is 1. The van der Waals surface area contributed by atoms with Gasteiger partial charge in [0.05, 0.1) is 15.6 Å². The summed E-state index contributed by atoms with van der Waals surface area (Å²) in [4.78, 5) is 10.7. The Morgan fingerprint density at radius 3 is 3.08 bits per heavy atom. The Bertz CT molecular complexity index is 967. The second-order valence-electron chi connectivity index (χ2n) is 5.13. The number of hydrogen-bond donors (Lipinski definition) is 5. The Kier molecular flexibility index (Phi) is 3.61. The van der Waals surface area contributed by atoms with E-state index in [1.54, 1.807) is 0 Å². The zero-order valence-corrected chi connectivity index (χ0v) is 12.9. The quantitative estimate of drug-likeness (QED) is 0.340. The zero-order valence-electron chi connectivity index (χ0n) is 14.1. The van der Waals surface area contributed by atoms with Crippen LogP contribution in [0.5, 0.6) is 0 Å². The molecule has 9 nitrogen and oxygen atoms in total. The molecule has 7 N–H and O–H groups in total. The van der Waals surface area contributed by atoms with Crippen LogP contribution in [-0.4, -0.2) is 60.7 Å².